The zero-order chi connectivity index (χ0) is 34.3. The van der Waals surface area contributed by atoms with Gasteiger partial charge in [0.15, 0.2) is 5.82 Å². The first-order valence-electron chi connectivity index (χ1n) is 17.2. The molecule has 3 nitrogen and oxygen atoms in total. The Morgan fingerprint density at radius 2 is 1.33 bits per heavy atom. The second-order valence-electron chi connectivity index (χ2n) is 12.6. The number of hydrogen-bond acceptors (Lipinski definition) is 3. The fraction of sp³-hybridized carbons (Fsp3) is 0.0213. The van der Waals surface area contributed by atoms with Crippen molar-refractivity contribution in [1.29, 1.82) is 0 Å². The molecule has 0 aliphatic heterocycles. The molecule has 0 fully saturated rings. The summed E-state index contributed by atoms with van der Waals surface area (Å²) in [5.41, 5.74) is 12.1. The summed E-state index contributed by atoms with van der Waals surface area (Å²) < 4.78 is 4.69. The number of thiophene rings is 1. The summed E-state index contributed by atoms with van der Waals surface area (Å²) in [6.07, 6.45) is 8.14. The van der Waals surface area contributed by atoms with Gasteiger partial charge in [-0.15, -0.1) is 11.3 Å². The minimum atomic E-state index is 0.737. The Morgan fingerprint density at radius 3 is 2.14 bits per heavy atom. The average Bonchev–Trinajstić information content (AvgIpc) is 3.74. The summed E-state index contributed by atoms with van der Waals surface area (Å²) in [4.78, 5) is 10.4. The first-order chi connectivity index (χ1) is 25.2. The molecule has 0 saturated carbocycles. The van der Waals surface area contributed by atoms with Crippen LogP contribution in [-0.2, 0) is 0 Å². The molecule has 0 aliphatic carbocycles. The van der Waals surface area contributed by atoms with Crippen LogP contribution in [0.4, 0.5) is 0 Å². The van der Waals surface area contributed by atoms with E-state index < -0.39 is 0 Å². The smallest absolute Gasteiger partial charge is 0.160 e. The number of rotatable bonds is 7. The Bertz CT molecular complexity index is 2820. The summed E-state index contributed by atoms with van der Waals surface area (Å²) in [5.74, 6) is 0.737. The summed E-state index contributed by atoms with van der Waals surface area (Å²) in [6, 6.07) is 51.7. The average molecular weight is 672 g/mol. The minimum absolute atomic E-state index is 0.737. The molecule has 0 saturated heterocycles. The highest BCUT2D eigenvalue weighted by Crippen LogP contribution is 2.44. The van der Waals surface area contributed by atoms with Crippen molar-refractivity contribution in [3.05, 3.63) is 182 Å². The predicted octanol–water partition coefficient (Wildman–Crippen LogP) is 13.1. The van der Waals surface area contributed by atoms with E-state index in [9.17, 15) is 0 Å². The summed E-state index contributed by atoms with van der Waals surface area (Å²) in [5, 5.41) is 3.58. The van der Waals surface area contributed by atoms with Crippen LogP contribution in [0.15, 0.2) is 176 Å². The lowest BCUT2D eigenvalue weighted by Crippen LogP contribution is -1.94. The summed E-state index contributed by atoms with van der Waals surface area (Å²) in [6.45, 7) is 6.11. The quantitative estimate of drug-likeness (QED) is 0.158. The van der Waals surface area contributed by atoms with Crippen molar-refractivity contribution < 1.29 is 0 Å². The molecule has 9 rings (SSSR count). The molecular formula is C47H33N3S. The first kappa shape index (κ1) is 30.7. The molecule has 0 bridgehead atoms. The fourth-order valence-corrected chi connectivity index (χ4v) is 8.41. The summed E-state index contributed by atoms with van der Waals surface area (Å²) >= 11 is 1.78. The topological polar surface area (TPSA) is 30.7 Å². The van der Waals surface area contributed by atoms with Gasteiger partial charge in [0, 0.05) is 37.7 Å². The molecule has 242 valence electrons. The van der Waals surface area contributed by atoms with E-state index in [1.165, 1.54) is 32.1 Å². The molecule has 0 atom stereocenters. The van der Waals surface area contributed by atoms with Gasteiger partial charge in [-0.2, -0.15) is 0 Å². The molecular weight excluding hydrogens is 639 g/mol. The number of nitrogens with zero attached hydrogens (tertiary/aromatic N) is 3. The van der Waals surface area contributed by atoms with Crippen LogP contribution in [0.1, 0.15) is 12.5 Å². The molecule has 0 unspecified atom stereocenters. The van der Waals surface area contributed by atoms with Crippen LogP contribution in [0.25, 0.3) is 87.1 Å². The fourth-order valence-electron chi connectivity index (χ4n) is 7.13. The van der Waals surface area contributed by atoms with E-state index in [0.29, 0.717) is 0 Å². The van der Waals surface area contributed by atoms with Crippen molar-refractivity contribution in [3.63, 3.8) is 0 Å². The molecule has 9 aromatic rings. The van der Waals surface area contributed by atoms with Gasteiger partial charge in [0.1, 0.15) is 0 Å². The van der Waals surface area contributed by atoms with Crippen LogP contribution in [-0.4, -0.2) is 14.5 Å². The van der Waals surface area contributed by atoms with E-state index in [2.05, 4.69) is 145 Å². The third kappa shape index (κ3) is 5.29. The van der Waals surface area contributed by atoms with Gasteiger partial charge in [-0.05, 0) is 59.5 Å². The van der Waals surface area contributed by atoms with E-state index in [1.807, 2.05) is 43.3 Å². The lowest BCUT2D eigenvalue weighted by molar-refractivity contribution is 1.18. The standard InChI is InChI=1S/C47H33N3S/c1-3-5-16-31(4-2)34-27-28-42-40(30-34)38-23-12-13-26-41(38)50(42)36-22-14-21-35(29-36)37-24-15-25-39-44-46(51-45(37)39)43(32-17-8-6-9-18-32)48-47(49-44)33-19-10-7-11-20-33/h3-30H,2H2,1H3/b5-3-,31-16+. The molecule has 0 spiro atoms. The maximum absolute atomic E-state index is 5.20. The van der Waals surface area contributed by atoms with Crippen molar-refractivity contribution in [1.82, 2.24) is 14.5 Å². The van der Waals surface area contributed by atoms with Gasteiger partial charge >= 0.3 is 0 Å². The SMILES string of the molecule is C=C/C(=C\C=C/C)c1ccc2c(c1)c1ccccc1n2-c1cccc(-c2cccc3c2sc2c(-c4ccccc4)nc(-c4ccccc4)nc23)c1. The maximum atomic E-state index is 5.20. The van der Waals surface area contributed by atoms with Crippen LogP contribution in [0.3, 0.4) is 0 Å². The molecule has 3 heterocycles. The number of aromatic nitrogens is 3. The van der Waals surface area contributed by atoms with Crippen LogP contribution < -0.4 is 0 Å². The normalized spacial score (nSPS) is 12.1. The van der Waals surface area contributed by atoms with Crippen molar-refractivity contribution >= 4 is 59.0 Å². The van der Waals surface area contributed by atoms with Crippen molar-refractivity contribution in [2.45, 2.75) is 6.92 Å². The summed E-state index contributed by atoms with van der Waals surface area (Å²) in [7, 11) is 0. The van der Waals surface area contributed by atoms with Gasteiger partial charge in [0.05, 0.1) is 26.9 Å². The number of benzene rings is 6. The monoisotopic (exact) mass is 671 g/mol. The van der Waals surface area contributed by atoms with Crippen LogP contribution in [0.5, 0.6) is 0 Å². The Labute approximate surface area is 300 Å². The van der Waals surface area contributed by atoms with Crippen molar-refractivity contribution in [3.8, 4) is 39.5 Å². The van der Waals surface area contributed by atoms with Gasteiger partial charge in [-0.1, -0.05) is 146 Å². The highest BCUT2D eigenvalue weighted by Gasteiger charge is 2.19. The molecule has 0 N–H and O–H groups in total. The van der Waals surface area contributed by atoms with Crippen LogP contribution in [0, 0.1) is 0 Å². The van der Waals surface area contributed by atoms with Gasteiger partial charge < -0.3 is 4.57 Å². The number of allylic oxidation sites excluding steroid dienone is 5. The third-order valence-electron chi connectivity index (χ3n) is 9.53. The van der Waals surface area contributed by atoms with Gasteiger partial charge in [-0.3, -0.25) is 0 Å². The Kier molecular flexibility index (Phi) is 7.72. The van der Waals surface area contributed by atoms with E-state index >= 15 is 0 Å². The largest absolute Gasteiger partial charge is 0.309 e. The van der Waals surface area contributed by atoms with Crippen molar-refractivity contribution in [2.24, 2.45) is 0 Å². The molecule has 6 aromatic carbocycles. The highest BCUT2D eigenvalue weighted by atomic mass is 32.1. The lowest BCUT2D eigenvalue weighted by Gasteiger charge is -2.11. The Balaban J connectivity index is 1.24. The van der Waals surface area contributed by atoms with E-state index in [-0.39, 0.29) is 0 Å². The lowest BCUT2D eigenvalue weighted by atomic mass is 10.0. The zero-order valence-electron chi connectivity index (χ0n) is 28.1. The maximum Gasteiger partial charge on any atom is 0.160 e. The highest BCUT2D eigenvalue weighted by molar-refractivity contribution is 7.26. The Hall–Kier alpha value is -6.36. The van der Waals surface area contributed by atoms with Crippen LogP contribution in [0.2, 0.25) is 0 Å². The number of hydrogen-bond donors (Lipinski definition) is 0. The van der Waals surface area contributed by atoms with Crippen molar-refractivity contribution in [2.75, 3.05) is 0 Å². The first-order valence-corrected chi connectivity index (χ1v) is 18.0. The van der Waals surface area contributed by atoms with E-state index in [4.69, 9.17) is 9.97 Å². The molecule has 3 aromatic heterocycles. The van der Waals surface area contributed by atoms with Gasteiger partial charge in [-0.25, -0.2) is 9.97 Å². The van der Waals surface area contributed by atoms with Crippen LogP contribution >= 0.6 is 11.3 Å². The molecule has 0 aliphatic rings. The minimum Gasteiger partial charge on any atom is -0.309 e. The molecule has 0 amide bonds. The molecule has 51 heavy (non-hydrogen) atoms. The number of para-hydroxylation sites is 1. The van der Waals surface area contributed by atoms with Gasteiger partial charge in [0.25, 0.3) is 0 Å². The Morgan fingerprint density at radius 1 is 0.627 bits per heavy atom. The molecule has 0 radical (unpaired) electrons. The zero-order valence-corrected chi connectivity index (χ0v) is 28.9. The second-order valence-corrected chi connectivity index (χ2v) is 13.6. The predicted molar refractivity (Wildman–Crippen MR) is 219 cm³/mol. The molecule has 4 heteroatoms. The second kappa shape index (κ2) is 12.8. The van der Waals surface area contributed by atoms with E-state index in [0.717, 1.165) is 60.6 Å². The van der Waals surface area contributed by atoms with Gasteiger partial charge in [0.2, 0.25) is 0 Å². The third-order valence-corrected chi connectivity index (χ3v) is 10.8. The number of fused-ring (bicyclic) bond motifs is 6. The van der Waals surface area contributed by atoms with E-state index in [1.54, 1.807) is 11.3 Å².